The maximum atomic E-state index is 11.4. The van der Waals surface area contributed by atoms with Gasteiger partial charge in [-0.2, -0.15) is 0 Å². The summed E-state index contributed by atoms with van der Waals surface area (Å²) >= 11 is 3.34. The molecule has 1 aliphatic carbocycles. The Morgan fingerprint density at radius 1 is 1.39 bits per heavy atom. The molecule has 1 saturated carbocycles. The summed E-state index contributed by atoms with van der Waals surface area (Å²) in [6.07, 6.45) is 3.44. The van der Waals surface area contributed by atoms with E-state index < -0.39 is 0 Å². The van der Waals surface area contributed by atoms with E-state index in [-0.39, 0.29) is 11.8 Å². The molecule has 7 nitrogen and oxygen atoms in total. The van der Waals surface area contributed by atoms with Crippen LogP contribution in [0.4, 0.5) is 11.6 Å². The van der Waals surface area contributed by atoms with E-state index in [1.807, 2.05) is 0 Å². The van der Waals surface area contributed by atoms with Gasteiger partial charge in [-0.15, -0.1) is 0 Å². The average molecular weight is 315 g/mol. The van der Waals surface area contributed by atoms with Crippen LogP contribution in [0.5, 0.6) is 0 Å². The molecular weight excluding hydrogens is 300 g/mol. The SMILES string of the molecule is NNc1ncnc(NCCNC(=O)C2CC2)c1Br. The molecular formula is C10H15BrN6O. The van der Waals surface area contributed by atoms with Crippen molar-refractivity contribution < 1.29 is 4.79 Å². The highest BCUT2D eigenvalue weighted by atomic mass is 79.9. The molecule has 0 bridgehead atoms. The van der Waals surface area contributed by atoms with Crippen molar-refractivity contribution in [3.05, 3.63) is 10.8 Å². The first-order chi connectivity index (χ1) is 8.72. The summed E-state index contributed by atoms with van der Waals surface area (Å²) in [7, 11) is 0. The second kappa shape index (κ2) is 5.96. The van der Waals surface area contributed by atoms with Crippen LogP contribution < -0.4 is 21.9 Å². The number of carbonyl (C=O) groups is 1. The highest BCUT2D eigenvalue weighted by Crippen LogP contribution is 2.28. The Bertz CT molecular complexity index is 436. The molecule has 0 spiro atoms. The largest absolute Gasteiger partial charge is 0.367 e. The third-order valence-corrected chi connectivity index (χ3v) is 3.34. The van der Waals surface area contributed by atoms with E-state index in [9.17, 15) is 4.79 Å². The van der Waals surface area contributed by atoms with Crippen LogP contribution in [0.25, 0.3) is 0 Å². The van der Waals surface area contributed by atoms with E-state index in [4.69, 9.17) is 5.84 Å². The zero-order valence-electron chi connectivity index (χ0n) is 9.74. The number of nitrogens with zero attached hydrogens (tertiary/aromatic N) is 2. The molecule has 98 valence electrons. The van der Waals surface area contributed by atoms with Gasteiger partial charge in [-0.05, 0) is 28.8 Å². The number of anilines is 2. The van der Waals surface area contributed by atoms with Crippen LogP contribution in [0.3, 0.4) is 0 Å². The van der Waals surface area contributed by atoms with E-state index >= 15 is 0 Å². The molecule has 1 fully saturated rings. The highest BCUT2D eigenvalue weighted by Gasteiger charge is 2.28. The number of rotatable bonds is 6. The predicted octanol–water partition coefficient (Wildman–Crippen LogP) is 0.463. The summed E-state index contributed by atoms with van der Waals surface area (Å²) < 4.78 is 0.668. The Labute approximate surface area is 113 Å². The first-order valence-corrected chi connectivity index (χ1v) is 6.50. The number of nitrogen functional groups attached to an aromatic ring is 1. The normalized spacial score (nSPS) is 14.1. The zero-order valence-corrected chi connectivity index (χ0v) is 11.3. The topological polar surface area (TPSA) is 105 Å². The van der Waals surface area contributed by atoms with Gasteiger partial charge in [-0.1, -0.05) is 0 Å². The lowest BCUT2D eigenvalue weighted by Gasteiger charge is -2.10. The number of carbonyl (C=O) groups excluding carboxylic acids is 1. The van der Waals surface area contributed by atoms with Gasteiger partial charge in [0, 0.05) is 19.0 Å². The molecule has 1 aromatic rings. The molecule has 0 aliphatic heterocycles. The van der Waals surface area contributed by atoms with Crippen LogP contribution in [-0.2, 0) is 4.79 Å². The molecule has 0 atom stereocenters. The minimum absolute atomic E-state index is 0.142. The van der Waals surface area contributed by atoms with E-state index in [0.717, 1.165) is 12.8 Å². The van der Waals surface area contributed by atoms with Crippen molar-refractivity contribution in [2.24, 2.45) is 11.8 Å². The van der Waals surface area contributed by atoms with Crippen LogP contribution in [0, 0.1) is 5.92 Å². The summed E-state index contributed by atoms with van der Waals surface area (Å²) in [5.41, 5.74) is 2.46. The van der Waals surface area contributed by atoms with Crippen molar-refractivity contribution in [2.75, 3.05) is 23.8 Å². The maximum Gasteiger partial charge on any atom is 0.223 e. The maximum absolute atomic E-state index is 11.4. The summed E-state index contributed by atoms with van der Waals surface area (Å²) in [4.78, 5) is 19.4. The third-order valence-electron chi connectivity index (χ3n) is 2.59. The number of aromatic nitrogens is 2. The predicted molar refractivity (Wildman–Crippen MR) is 71.8 cm³/mol. The third kappa shape index (κ3) is 3.30. The fraction of sp³-hybridized carbons (Fsp3) is 0.500. The molecule has 5 N–H and O–H groups in total. The number of amides is 1. The van der Waals surface area contributed by atoms with E-state index in [1.165, 1.54) is 6.33 Å². The number of hydrogen-bond donors (Lipinski definition) is 4. The second-order valence-electron chi connectivity index (χ2n) is 4.02. The van der Waals surface area contributed by atoms with Crippen LogP contribution in [-0.4, -0.2) is 29.0 Å². The van der Waals surface area contributed by atoms with Crippen molar-refractivity contribution in [1.82, 2.24) is 15.3 Å². The Kier molecular flexibility index (Phi) is 4.32. The second-order valence-corrected chi connectivity index (χ2v) is 4.81. The van der Waals surface area contributed by atoms with Gasteiger partial charge in [-0.3, -0.25) is 4.79 Å². The Balaban J connectivity index is 1.77. The van der Waals surface area contributed by atoms with Crippen LogP contribution in [0.15, 0.2) is 10.8 Å². The molecule has 1 amide bonds. The summed E-state index contributed by atoms with van der Waals surface area (Å²) in [6, 6.07) is 0. The zero-order chi connectivity index (χ0) is 13.0. The van der Waals surface area contributed by atoms with Gasteiger partial charge in [0.1, 0.15) is 16.6 Å². The number of nitrogens with two attached hydrogens (primary N) is 1. The molecule has 0 saturated heterocycles. The highest BCUT2D eigenvalue weighted by molar-refractivity contribution is 9.10. The van der Waals surface area contributed by atoms with Crippen molar-refractivity contribution in [3.8, 4) is 0 Å². The Morgan fingerprint density at radius 3 is 2.78 bits per heavy atom. The average Bonchev–Trinajstić information content (AvgIpc) is 3.20. The molecule has 2 rings (SSSR count). The lowest BCUT2D eigenvalue weighted by Crippen LogP contribution is -2.30. The number of nitrogens with one attached hydrogen (secondary N) is 3. The molecule has 1 heterocycles. The van der Waals surface area contributed by atoms with Crippen LogP contribution in [0.1, 0.15) is 12.8 Å². The molecule has 1 aliphatic rings. The quantitative estimate of drug-likeness (QED) is 0.345. The van der Waals surface area contributed by atoms with Gasteiger partial charge < -0.3 is 16.1 Å². The molecule has 8 heteroatoms. The van der Waals surface area contributed by atoms with Crippen LogP contribution in [0.2, 0.25) is 0 Å². The van der Waals surface area contributed by atoms with Crippen molar-refractivity contribution in [2.45, 2.75) is 12.8 Å². The van der Waals surface area contributed by atoms with Gasteiger partial charge in [0.05, 0.1) is 0 Å². The first kappa shape index (κ1) is 13.0. The van der Waals surface area contributed by atoms with Gasteiger partial charge in [0.15, 0.2) is 5.82 Å². The fourth-order valence-corrected chi connectivity index (χ4v) is 1.91. The standard InChI is InChI=1S/C10H15BrN6O/c11-7-8(15-5-16-9(7)17-12)13-3-4-14-10(18)6-1-2-6/h5-6H,1-4,12H2,(H,14,18)(H2,13,15,16,17). The Hall–Kier alpha value is -1.41. The van der Waals surface area contributed by atoms with E-state index in [1.54, 1.807) is 0 Å². The fourth-order valence-electron chi connectivity index (χ4n) is 1.45. The molecule has 1 aromatic heterocycles. The van der Waals surface area contributed by atoms with Crippen molar-refractivity contribution >= 4 is 33.5 Å². The van der Waals surface area contributed by atoms with E-state index in [0.29, 0.717) is 29.2 Å². The first-order valence-electron chi connectivity index (χ1n) is 5.71. The van der Waals surface area contributed by atoms with Gasteiger partial charge in [0.2, 0.25) is 5.91 Å². The molecule has 18 heavy (non-hydrogen) atoms. The van der Waals surface area contributed by atoms with E-state index in [2.05, 4.69) is 42.0 Å². The monoisotopic (exact) mass is 314 g/mol. The number of hydrazine groups is 1. The van der Waals surface area contributed by atoms with Gasteiger partial charge >= 0.3 is 0 Å². The molecule has 0 radical (unpaired) electrons. The minimum atomic E-state index is 0.142. The summed E-state index contributed by atoms with van der Waals surface area (Å²) in [6.45, 7) is 1.16. The smallest absolute Gasteiger partial charge is 0.223 e. The van der Waals surface area contributed by atoms with Gasteiger partial charge in [0.25, 0.3) is 0 Å². The molecule has 0 unspecified atom stereocenters. The lowest BCUT2D eigenvalue weighted by atomic mass is 10.4. The number of halogens is 1. The van der Waals surface area contributed by atoms with Crippen molar-refractivity contribution in [1.29, 1.82) is 0 Å². The molecule has 0 aromatic carbocycles. The lowest BCUT2D eigenvalue weighted by molar-refractivity contribution is -0.122. The summed E-state index contributed by atoms with van der Waals surface area (Å²) in [5, 5.41) is 5.96. The van der Waals surface area contributed by atoms with Crippen LogP contribution >= 0.6 is 15.9 Å². The summed E-state index contributed by atoms with van der Waals surface area (Å²) in [5.74, 6) is 6.83. The Morgan fingerprint density at radius 2 is 2.11 bits per heavy atom. The number of hydrogen-bond acceptors (Lipinski definition) is 6. The van der Waals surface area contributed by atoms with Crippen molar-refractivity contribution in [3.63, 3.8) is 0 Å². The minimum Gasteiger partial charge on any atom is -0.367 e. The van der Waals surface area contributed by atoms with Gasteiger partial charge in [-0.25, -0.2) is 15.8 Å².